The molecule has 0 fully saturated rings. The summed E-state index contributed by atoms with van der Waals surface area (Å²) in [5.41, 5.74) is 5.29. The molecule has 1 heterocycles. The molecule has 0 saturated carbocycles. The fourth-order valence-corrected chi connectivity index (χ4v) is 3.37. The second-order valence-electron chi connectivity index (χ2n) is 7.29. The van der Waals surface area contributed by atoms with Crippen LogP contribution in [0.15, 0.2) is 50.8 Å². The third-order valence-corrected chi connectivity index (χ3v) is 5.12. The Morgan fingerprint density at radius 3 is 2.66 bits per heavy atom. The van der Waals surface area contributed by atoms with E-state index in [1.807, 2.05) is 0 Å². The van der Waals surface area contributed by atoms with Crippen LogP contribution in [0.25, 0.3) is 10.9 Å². The highest BCUT2D eigenvalue weighted by atomic mass is 19.1. The van der Waals surface area contributed by atoms with E-state index in [4.69, 9.17) is 5.73 Å². The van der Waals surface area contributed by atoms with Gasteiger partial charge >= 0.3 is 0 Å². The second-order valence-corrected chi connectivity index (χ2v) is 7.29. The topological polar surface area (TPSA) is 147 Å². The number of aryl methyl sites for hydroxylation is 1. The molecule has 0 radical (unpaired) electrons. The number of halogens is 1. The van der Waals surface area contributed by atoms with Crippen molar-refractivity contribution >= 4 is 28.2 Å². The zero-order valence-corrected chi connectivity index (χ0v) is 16.9. The predicted octanol–water partition coefficient (Wildman–Crippen LogP) is 1.09. The van der Waals surface area contributed by atoms with Crippen molar-refractivity contribution in [3.05, 3.63) is 95.5 Å². The van der Waals surface area contributed by atoms with Crippen LogP contribution in [0.5, 0.6) is 0 Å². The van der Waals surface area contributed by atoms with E-state index >= 15 is 0 Å². The molecule has 0 saturated heterocycles. The number of amides is 1. The molecule has 0 spiro atoms. The van der Waals surface area contributed by atoms with Gasteiger partial charge in [0.2, 0.25) is 0 Å². The number of nitrogens with one attached hydrogen (secondary N) is 3. The molecule has 10 heteroatoms. The van der Waals surface area contributed by atoms with Gasteiger partial charge in [-0.05, 0) is 36.2 Å². The van der Waals surface area contributed by atoms with E-state index in [0.717, 1.165) is 5.56 Å². The molecule has 0 atom stereocenters. The van der Waals surface area contributed by atoms with Crippen LogP contribution in [0.2, 0.25) is 0 Å². The number of nitrogens with two attached hydrogens (primary N) is 1. The van der Waals surface area contributed by atoms with Crippen LogP contribution in [0.4, 0.5) is 15.8 Å². The average Bonchev–Trinajstić information content (AvgIpc) is 2.78. The minimum Gasteiger partial charge on any atom is -0.394 e. The largest absolute Gasteiger partial charge is 0.394 e. The lowest BCUT2D eigenvalue weighted by atomic mass is 10.1. The van der Waals surface area contributed by atoms with Crippen molar-refractivity contribution in [1.82, 2.24) is 15.3 Å². The maximum Gasteiger partial charge on any atom is 0.287 e. The molecule has 3 aromatic carbocycles. The summed E-state index contributed by atoms with van der Waals surface area (Å²) in [7, 11) is 0. The molecular formula is C22H18FN5O4. The highest BCUT2D eigenvalue weighted by Gasteiger charge is 2.18. The maximum atomic E-state index is 14.1. The van der Waals surface area contributed by atoms with E-state index < -0.39 is 28.1 Å². The Hall–Kier alpha value is -4.34. The average molecular weight is 435 g/mol. The third-order valence-electron chi connectivity index (χ3n) is 5.12. The molecule has 1 amide bonds. The smallest absolute Gasteiger partial charge is 0.287 e. The highest BCUT2D eigenvalue weighted by Crippen LogP contribution is 2.16. The molecule has 4 rings (SSSR count). The van der Waals surface area contributed by atoms with Gasteiger partial charge in [-0.1, -0.05) is 18.2 Å². The third kappa shape index (κ3) is 3.73. The van der Waals surface area contributed by atoms with E-state index in [1.54, 1.807) is 25.1 Å². The second kappa shape index (κ2) is 8.06. The van der Waals surface area contributed by atoms with E-state index in [2.05, 4.69) is 20.6 Å². The molecule has 162 valence electrons. The van der Waals surface area contributed by atoms with Crippen molar-refractivity contribution in [2.24, 2.45) is 0 Å². The minimum atomic E-state index is -0.764. The van der Waals surface area contributed by atoms with Gasteiger partial charge in [-0.3, -0.25) is 19.2 Å². The number of carbonyl (C=O) groups is 1. The van der Waals surface area contributed by atoms with Crippen molar-refractivity contribution < 1.29 is 9.18 Å². The SMILES string of the molecule is Cc1cccc2nc(C(=O)NCc3ccc(F)c(CNc4c(N)c(=O)c4=O)c3)[nH]c(=O)c12. The van der Waals surface area contributed by atoms with Crippen molar-refractivity contribution in [3.8, 4) is 0 Å². The summed E-state index contributed by atoms with van der Waals surface area (Å²) >= 11 is 0. The molecule has 0 unspecified atom stereocenters. The molecule has 1 aromatic heterocycles. The first-order valence-corrected chi connectivity index (χ1v) is 9.64. The molecule has 0 aliphatic rings. The number of aromatic nitrogens is 2. The van der Waals surface area contributed by atoms with Gasteiger partial charge in [0.1, 0.15) is 17.2 Å². The first kappa shape index (κ1) is 20.9. The van der Waals surface area contributed by atoms with E-state index in [0.29, 0.717) is 16.5 Å². The number of hydrogen-bond acceptors (Lipinski definition) is 7. The van der Waals surface area contributed by atoms with Gasteiger partial charge in [-0.15, -0.1) is 0 Å². The number of anilines is 2. The van der Waals surface area contributed by atoms with Crippen LogP contribution >= 0.6 is 0 Å². The Morgan fingerprint density at radius 1 is 1.12 bits per heavy atom. The fraction of sp³-hybridized carbons (Fsp3) is 0.136. The normalized spacial score (nSPS) is 11.1. The van der Waals surface area contributed by atoms with E-state index in [9.17, 15) is 23.6 Å². The van der Waals surface area contributed by atoms with Gasteiger partial charge < -0.3 is 21.4 Å². The molecule has 0 bridgehead atoms. The first-order valence-electron chi connectivity index (χ1n) is 9.64. The Balaban J connectivity index is 1.47. The first-order chi connectivity index (χ1) is 15.3. The standard InChI is InChI=1S/C22H18FN5O4/c1-10-3-2-4-14-15(10)21(31)28-20(27-14)22(32)26-8-11-5-6-13(23)12(7-11)9-25-17-16(24)18(29)19(17)30/h2-7,25H,8-9,24H2,1H3,(H,26,32)(H,27,28,31). The Morgan fingerprint density at radius 2 is 1.91 bits per heavy atom. The number of rotatable bonds is 6. The van der Waals surface area contributed by atoms with Crippen LogP contribution in [0.1, 0.15) is 27.3 Å². The van der Waals surface area contributed by atoms with Crippen molar-refractivity contribution in [3.63, 3.8) is 0 Å². The summed E-state index contributed by atoms with van der Waals surface area (Å²) in [6, 6.07) is 9.40. The van der Waals surface area contributed by atoms with Crippen molar-refractivity contribution in [2.75, 3.05) is 11.1 Å². The van der Waals surface area contributed by atoms with Crippen molar-refractivity contribution in [2.45, 2.75) is 20.0 Å². The van der Waals surface area contributed by atoms with Crippen LogP contribution in [0.3, 0.4) is 0 Å². The van der Waals surface area contributed by atoms with Gasteiger partial charge in [-0.2, -0.15) is 0 Å². The number of fused-ring (bicyclic) bond motifs is 1. The molecule has 32 heavy (non-hydrogen) atoms. The molecule has 5 N–H and O–H groups in total. The Labute approximate surface area is 179 Å². The Kier molecular flexibility index (Phi) is 5.27. The summed E-state index contributed by atoms with van der Waals surface area (Å²) in [6.07, 6.45) is 0. The summed E-state index contributed by atoms with van der Waals surface area (Å²) in [5.74, 6) is -1.25. The van der Waals surface area contributed by atoms with Gasteiger partial charge in [0.05, 0.1) is 10.9 Å². The predicted molar refractivity (Wildman–Crippen MR) is 118 cm³/mol. The number of H-pyrrole nitrogens is 1. The zero-order chi connectivity index (χ0) is 23.0. The van der Waals surface area contributed by atoms with Gasteiger partial charge in [0.15, 0.2) is 5.82 Å². The summed E-state index contributed by atoms with van der Waals surface area (Å²) in [6.45, 7) is 1.76. The van der Waals surface area contributed by atoms with E-state index in [-0.39, 0.29) is 35.9 Å². The zero-order valence-electron chi connectivity index (χ0n) is 16.9. The lowest BCUT2D eigenvalue weighted by molar-refractivity contribution is 0.0940. The number of nitrogen functional groups attached to an aromatic ring is 1. The van der Waals surface area contributed by atoms with Gasteiger partial charge in [0.25, 0.3) is 22.3 Å². The summed E-state index contributed by atoms with van der Waals surface area (Å²) < 4.78 is 14.1. The van der Waals surface area contributed by atoms with Crippen molar-refractivity contribution in [1.29, 1.82) is 0 Å². The number of carbonyl (C=O) groups excluding carboxylic acids is 1. The summed E-state index contributed by atoms with van der Waals surface area (Å²) in [4.78, 5) is 54.1. The number of hydrogen-bond donors (Lipinski definition) is 4. The monoisotopic (exact) mass is 435 g/mol. The number of benzene rings is 2. The maximum absolute atomic E-state index is 14.1. The lowest BCUT2D eigenvalue weighted by Gasteiger charge is -2.12. The van der Waals surface area contributed by atoms with Gasteiger partial charge in [-0.25, -0.2) is 9.37 Å². The highest BCUT2D eigenvalue weighted by molar-refractivity contribution is 5.93. The van der Waals surface area contributed by atoms with Crippen LogP contribution < -0.4 is 32.8 Å². The van der Waals surface area contributed by atoms with Gasteiger partial charge in [0, 0.05) is 18.7 Å². The van der Waals surface area contributed by atoms with E-state index in [1.165, 1.54) is 18.2 Å². The number of aromatic amines is 1. The molecular weight excluding hydrogens is 417 g/mol. The Bertz CT molecular complexity index is 1500. The fourth-order valence-electron chi connectivity index (χ4n) is 3.37. The van der Waals surface area contributed by atoms with Crippen LogP contribution in [-0.2, 0) is 13.1 Å². The molecule has 4 aromatic rings. The van der Waals surface area contributed by atoms with Crippen LogP contribution in [-0.4, -0.2) is 15.9 Å². The molecule has 9 nitrogen and oxygen atoms in total. The summed E-state index contributed by atoms with van der Waals surface area (Å²) in [5, 5.41) is 5.71. The quantitative estimate of drug-likeness (QED) is 0.332. The lowest BCUT2D eigenvalue weighted by Crippen LogP contribution is -2.37. The number of nitrogens with zero attached hydrogens (tertiary/aromatic N) is 1. The molecule has 0 aliphatic heterocycles. The molecule has 0 aliphatic carbocycles. The minimum absolute atomic E-state index is 0.0327. The van der Waals surface area contributed by atoms with Crippen LogP contribution in [0, 0.1) is 12.7 Å².